The number of hydrogen-bond acceptors (Lipinski definition) is 8. The van der Waals surface area contributed by atoms with Crippen molar-refractivity contribution in [2.75, 3.05) is 7.11 Å². The van der Waals surface area contributed by atoms with Gasteiger partial charge < -0.3 is 9.26 Å². The molecule has 0 aliphatic heterocycles. The van der Waals surface area contributed by atoms with Gasteiger partial charge in [-0.1, -0.05) is 55.0 Å². The average molecular weight is 485 g/mol. The molecule has 0 radical (unpaired) electrons. The number of nitrogens with zero attached hydrogens (tertiary/aromatic N) is 6. The molecule has 0 aliphatic carbocycles. The first-order chi connectivity index (χ1) is 17.1. The van der Waals surface area contributed by atoms with Crippen molar-refractivity contribution in [3.05, 3.63) is 84.4 Å². The zero-order valence-corrected chi connectivity index (χ0v) is 20.4. The van der Waals surface area contributed by atoms with Gasteiger partial charge in [-0.2, -0.15) is 4.98 Å². The maximum Gasteiger partial charge on any atom is 0.237 e. The highest BCUT2D eigenvalue weighted by atomic mass is 32.2. The molecule has 0 spiro atoms. The summed E-state index contributed by atoms with van der Waals surface area (Å²) in [5.74, 6) is 3.27. The number of pyridine rings is 1. The van der Waals surface area contributed by atoms with Crippen LogP contribution in [0.2, 0.25) is 0 Å². The first-order valence-electron chi connectivity index (χ1n) is 11.2. The fourth-order valence-electron chi connectivity index (χ4n) is 3.73. The Morgan fingerprint density at radius 1 is 0.971 bits per heavy atom. The largest absolute Gasteiger partial charge is 0.497 e. The summed E-state index contributed by atoms with van der Waals surface area (Å²) in [6, 6.07) is 21.7. The molecular weight excluding hydrogens is 460 g/mol. The summed E-state index contributed by atoms with van der Waals surface area (Å²) in [5.41, 5.74) is 3.86. The molecule has 3 heterocycles. The van der Waals surface area contributed by atoms with Crippen LogP contribution >= 0.6 is 11.8 Å². The lowest BCUT2D eigenvalue weighted by molar-refractivity contribution is 0.391. The summed E-state index contributed by atoms with van der Waals surface area (Å²) in [7, 11) is 1.65. The second-order valence-electron chi connectivity index (χ2n) is 8.10. The standard InChI is InChI=1S/C26H24N6O2S/c1-17(2)20-8-4-5-10-22(20)32-25(18-11-13-19(33-3)14-12-18)29-30-26(32)35-16-23-28-24(31-34-23)21-9-6-7-15-27-21/h4-15,17H,16H2,1-3H3. The molecular formula is C26H24N6O2S. The average Bonchev–Trinajstić information content (AvgIpc) is 3.55. The number of ether oxygens (including phenoxy) is 1. The van der Waals surface area contributed by atoms with Gasteiger partial charge in [0.2, 0.25) is 11.7 Å². The van der Waals surface area contributed by atoms with E-state index in [1.165, 1.54) is 17.3 Å². The van der Waals surface area contributed by atoms with Gasteiger partial charge in [0.25, 0.3) is 0 Å². The highest BCUT2D eigenvalue weighted by molar-refractivity contribution is 7.98. The topological polar surface area (TPSA) is 91.8 Å². The molecule has 176 valence electrons. The molecule has 0 N–H and O–H groups in total. The van der Waals surface area contributed by atoms with E-state index in [4.69, 9.17) is 9.26 Å². The van der Waals surface area contributed by atoms with Crippen LogP contribution < -0.4 is 4.74 Å². The molecule has 0 bridgehead atoms. The van der Waals surface area contributed by atoms with Crippen molar-refractivity contribution < 1.29 is 9.26 Å². The number of para-hydroxylation sites is 1. The second kappa shape index (κ2) is 10.1. The van der Waals surface area contributed by atoms with E-state index in [-0.39, 0.29) is 0 Å². The summed E-state index contributed by atoms with van der Waals surface area (Å²) in [4.78, 5) is 8.78. The smallest absolute Gasteiger partial charge is 0.237 e. The Kier molecular flexibility index (Phi) is 6.58. The third-order valence-corrected chi connectivity index (χ3v) is 6.38. The lowest BCUT2D eigenvalue weighted by atomic mass is 10.0. The minimum absolute atomic E-state index is 0.326. The zero-order chi connectivity index (χ0) is 24.2. The van der Waals surface area contributed by atoms with Crippen LogP contribution in [0.3, 0.4) is 0 Å². The van der Waals surface area contributed by atoms with E-state index in [0.29, 0.717) is 29.1 Å². The molecule has 9 heteroatoms. The Balaban J connectivity index is 1.50. The molecule has 0 fully saturated rings. The van der Waals surface area contributed by atoms with E-state index < -0.39 is 0 Å². The van der Waals surface area contributed by atoms with Gasteiger partial charge in [0.15, 0.2) is 11.0 Å². The predicted molar refractivity (Wildman–Crippen MR) is 135 cm³/mol. The van der Waals surface area contributed by atoms with E-state index in [1.54, 1.807) is 13.3 Å². The Morgan fingerprint density at radius 3 is 2.51 bits per heavy atom. The minimum Gasteiger partial charge on any atom is -0.497 e. The van der Waals surface area contributed by atoms with E-state index in [0.717, 1.165) is 28.0 Å². The maximum absolute atomic E-state index is 5.47. The summed E-state index contributed by atoms with van der Waals surface area (Å²) in [6.07, 6.45) is 1.70. The third kappa shape index (κ3) is 4.81. The number of rotatable bonds is 8. The van der Waals surface area contributed by atoms with E-state index in [9.17, 15) is 0 Å². The van der Waals surface area contributed by atoms with Gasteiger partial charge in [0.05, 0.1) is 18.6 Å². The lowest BCUT2D eigenvalue weighted by Crippen LogP contribution is -2.05. The summed E-state index contributed by atoms with van der Waals surface area (Å²) < 4.78 is 12.9. The van der Waals surface area contributed by atoms with Crippen molar-refractivity contribution in [1.29, 1.82) is 0 Å². The fourth-order valence-corrected chi connectivity index (χ4v) is 4.51. The highest BCUT2D eigenvalue weighted by Crippen LogP contribution is 2.33. The quantitative estimate of drug-likeness (QED) is 0.255. The Labute approximate surface area is 207 Å². The predicted octanol–water partition coefficient (Wildman–Crippen LogP) is 5.80. The van der Waals surface area contributed by atoms with Crippen LogP contribution in [0.4, 0.5) is 0 Å². The van der Waals surface area contributed by atoms with Gasteiger partial charge in [-0.15, -0.1) is 10.2 Å². The van der Waals surface area contributed by atoms with Crippen molar-refractivity contribution in [3.8, 4) is 34.3 Å². The van der Waals surface area contributed by atoms with Gasteiger partial charge in [0.1, 0.15) is 11.4 Å². The third-order valence-electron chi connectivity index (χ3n) is 5.47. The Hall–Kier alpha value is -3.98. The maximum atomic E-state index is 5.47. The van der Waals surface area contributed by atoms with Crippen LogP contribution in [0.1, 0.15) is 31.2 Å². The summed E-state index contributed by atoms with van der Waals surface area (Å²) in [5, 5.41) is 13.9. The first-order valence-corrected chi connectivity index (χ1v) is 12.2. The number of aromatic nitrogens is 6. The summed E-state index contributed by atoms with van der Waals surface area (Å²) in [6.45, 7) is 4.36. The molecule has 0 unspecified atom stereocenters. The SMILES string of the molecule is COc1ccc(-c2nnc(SCc3nc(-c4ccccn4)no3)n2-c2ccccc2C(C)C)cc1. The lowest BCUT2D eigenvalue weighted by Gasteiger charge is -2.16. The molecule has 2 aromatic carbocycles. The van der Waals surface area contributed by atoms with E-state index >= 15 is 0 Å². The number of thioether (sulfide) groups is 1. The molecule has 0 saturated heterocycles. The monoisotopic (exact) mass is 484 g/mol. The van der Waals surface area contributed by atoms with Crippen LogP contribution in [0, 0.1) is 0 Å². The van der Waals surface area contributed by atoms with Gasteiger partial charge in [-0.05, 0) is 53.9 Å². The minimum atomic E-state index is 0.326. The molecule has 0 saturated carbocycles. The molecule has 0 amide bonds. The van der Waals surface area contributed by atoms with Crippen molar-refractivity contribution in [1.82, 2.24) is 29.9 Å². The molecule has 0 atom stereocenters. The van der Waals surface area contributed by atoms with Gasteiger partial charge in [0, 0.05) is 11.8 Å². The number of hydrogen-bond donors (Lipinski definition) is 0. The first kappa shape index (κ1) is 22.8. The molecule has 5 aromatic rings. The van der Waals surface area contributed by atoms with Gasteiger partial charge in [-0.25, -0.2) is 0 Å². The van der Waals surface area contributed by atoms with Crippen molar-refractivity contribution in [3.63, 3.8) is 0 Å². The van der Waals surface area contributed by atoms with Crippen LogP contribution in [0.25, 0.3) is 28.6 Å². The van der Waals surface area contributed by atoms with E-state index in [1.807, 2.05) is 48.5 Å². The molecule has 8 nitrogen and oxygen atoms in total. The highest BCUT2D eigenvalue weighted by Gasteiger charge is 2.20. The Bertz CT molecular complexity index is 1410. The molecule has 5 rings (SSSR count). The van der Waals surface area contributed by atoms with E-state index in [2.05, 4.69) is 61.9 Å². The Morgan fingerprint density at radius 2 is 1.77 bits per heavy atom. The van der Waals surface area contributed by atoms with Crippen LogP contribution in [0.15, 0.2) is 82.6 Å². The second-order valence-corrected chi connectivity index (χ2v) is 9.04. The van der Waals surface area contributed by atoms with Crippen LogP contribution in [-0.4, -0.2) is 37.0 Å². The van der Waals surface area contributed by atoms with Crippen LogP contribution in [0.5, 0.6) is 5.75 Å². The summed E-state index contributed by atoms with van der Waals surface area (Å²) >= 11 is 1.50. The van der Waals surface area contributed by atoms with Crippen molar-refractivity contribution in [2.24, 2.45) is 0 Å². The molecule has 3 aromatic heterocycles. The fraction of sp³-hybridized carbons (Fsp3) is 0.192. The normalized spacial score (nSPS) is 11.2. The molecule has 35 heavy (non-hydrogen) atoms. The van der Waals surface area contributed by atoms with Gasteiger partial charge in [-0.3, -0.25) is 9.55 Å². The molecule has 0 aliphatic rings. The van der Waals surface area contributed by atoms with Crippen LogP contribution in [-0.2, 0) is 5.75 Å². The number of methoxy groups -OCH3 is 1. The van der Waals surface area contributed by atoms with Crippen molar-refractivity contribution >= 4 is 11.8 Å². The van der Waals surface area contributed by atoms with Gasteiger partial charge >= 0.3 is 0 Å². The zero-order valence-electron chi connectivity index (χ0n) is 19.6. The van der Waals surface area contributed by atoms with Crippen molar-refractivity contribution in [2.45, 2.75) is 30.7 Å². The number of benzene rings is 2.